The molecular formula is C18H19N5O5S4. The van der Waals surface area contributed by atoms with Gasteiger partial charge in [0.1, 0.15) is 29.2 Å². The van der Waals surface area contributed by atoms with Crippen molar-refractivity contribution in [2.45, 2.75) is 34.2 Å². The summed E-state index contributed by atoms with van der Waals surface area (Å²) in [6.45, 7) is 2.58. The summed E-state index contributed by atoms with van der Waals surface area (Å²) in [7, 11) is -1.48. The number of carbonyl (C=O) groups is 3. The van der Waals surface area contributed by atoms with Crippen molar-refractivity contribution in [1.29, 1.82) is 0 Å². The Morgan fingerprint density at radius 1 is 1.44 bits per heavy atom. The largest absolute Gasteiger partial charge is 0.477 e. The van der Waals surface area contributed by atoms with Crippen LogP contribution in [0.5, 0.6) is 0 Å². The minimum Gasteiger partial charge on any atom is -0.477 e. The number of carboxylic acids is 1. The normalized spacial score (nSPS) is 21.2. The fourth-order valence-electron chi connectivity index (χ4n) is 3.33. The molecule has 0 radical (unpaired) electrons. The second-order valence-corrected chi connectivity index (χ2v) is 11.5. The van der Waals surface area contributed by atoms with Crippen LogP contribution in [0.4, 0.5) is 0 Å². The van der Waals surface area contributed by atoms with Gasteiger partial charge < -0.3 is 10.4 Å². The summed E-state index contributed by atoms with van der Waals surface area (Å²) in [4.78, 5) is 42.4. The number of hydrogen-bond acceptors (Lipinski definition) is 9. The molecule has 14 heteroatoms. The van der Waals surface area contributed by atoms with Gasteiger partial charge in [0, 0.05) is 18.1 Å². The average Bonchev–Trinajstić information content (AvgIpc) is 3.47. The van der Waals surface area contributed by atoms with Gasteiger partial charge in [-0.1, -0.05) is 17.8 Å². The first-order chi connectivity index (χ1) is 15.4. The van der Waals surface area contributed by atoms with E-state index in [0.29, 0.717) is 33.0 Å². The molecule has 0 bridgehead atoms. The summed E-state index contributed by atoms with van der Waals surface area (Å²) in [6, 6.07) is 2.61. The molecular weight excluding hydrogens is 494 g/mol. The summed E-state index contributed by atoms with van der Waals surface area (Å²) in [5.41, 5.74) is 0.577. The predicted molar refractivity (Wildman–Crippen MR) is 122 cm³/mol. The predicted octanol–water partition coefficient (Wildman–Crippen LogP) is 0.998. The number of fused-ring (bicyclic) bond motifs is 1. The number of amides is 2. The molecule has 4 heterocycles. The standard InChI is InChI=1S/C18H19N5O5S4/c1-2-22-18(19-9-20-22)31-7-10-6-30-16-13(15(25)23(16)14(10)17(26)27)21-11(24)8-32(28)12-4-3-5-29-12/h3-5,9,13,16H,2,6-8H2,1H3,(H,21,24)(H,26,27)/t13?,16-,32?/m1/s1. The molecule has 4 rings (SSSR count). The molecule has 1 saturated heterocycles. The zero-order chi connectivity index (χ0) is 22.8. The smallest absolute Gasteiger partial charge is 0.352 e. The van der Waals surface area contributed by atoms with Gasteiger partial charge >= 0.3 is 5.97 Å². The fourth-order valence-corrected chi connectivity index (χ4v) is 7.71. The molecule has 0 saturated carbocycles. The number of β-lactam (4-membered cyclic amide) rings is 1. The van der Waals surface area contributed by atoms with Gasteiger partial charge in [0.05, 0.1) is 15.0 Å². The monoisotopic (exact) mass is 513 g/mol. The third-order valence-electron chi connectivity index (χ3n) is 4.80. The Balaban J connectivity index is 1.42. The minimum atomic E-state index is -1.48. The third-order valence-corrected chi connectivity index (χ3v) is 9.83. The van der Waals surface area contributed by atoms with E-state index < -0.39 is 40.0 Å². The Bertz CT molecular complexity index is 1100. The summed E-state index contributed by atoms with van der Waals surface area (Å²) < 4.78 is 14.5. The number of carbonyl (C=O) groups excluding carboxylic acids is 2. The number of rotatable bonds is 9. The molecule has 2 aromatic rings. The van der Waals surface area contributed by atoms with E-state index in [1.807, 2.05) is 6.92 Å². The molecule has 2 aliphatic heterocycles. The van der Waals surface area contributed by atoms with Gasteiger partial charge in [-0.15, -0.1) is 23.1 Å². The lowest BCUT2D eigenvalue weighted by Gasteiger charge is -2.49. The lowest BCUT2D eigenvalue weighted by Crippen LogP contribution is -2.70. The van der Waals surface area contributed by atoms with Crippen molar-refractivity contribution in [3.05, 3.63) is 35.1 Å². The molecule has 2 amide bonds. The molecule has 2 aromatic heterocycles. The highest BCUT2D eigenvalue weighted by molar-refractivity contribution is 8.01. The summed E-state index contributed by atoms with van der Waals surface area (Å²) >= 11 is 4.06. The summed E-state index contributed by atoms with van der Waals surface area (Å²) in [6.07, 6.45) is 1.45. The number of nitrogens with zero attached hydrogens (tertiary/aromatic N) is 4. The highest BCUT2D eigenvalue weighted by Gasteiger charge is 2.54. The van der Waals surface area contributed by atoms with E-state index in [4.69, 9.17) is 0 Å². The molecule has 3 atom stereocenters. The second-order valence-electron chi connectivity index (χ2n) is 6.78. The number of hydrogen-bond donors (Lipinski definition) is 2. The number of aliphatic carboxylic acids is 1. The van der Waals surface area contributed by atoms with E-state index in [1.54, 1.807) is 22.2 Å². The van der Waals surface area contributed by atoms with E-state index in [0.717, 1.165) is 0 Å². The second kappa shape index (κ2) is 9.77. The molecule has 0 spiro atoms. The number of thioether (sulfide) groups is 2. The molecule has 2 N–H and O–H groups in total. The SMILES string of the molecule is CCn1ncnc1SCC1=C(C(=O)O)N2C(=O)C(NC(=O)CS(=O)c3cccs3)[C@H]2SC1. The highest BCUT2D eigenvalue weighted by Crippen LogP contribution is 2.41. The Labute approximate surface area is 198 Å². The molecule has 170 valence electrons. The van der Waals surface area contributed by atoms with E-state index in [2.05, 4.69) is 15.4 Å². The average molecular weight is 514 g/mol. The number of nitrogens with one attached hydrogen (secondary N) is 1. The van der Waals surface area contributed by atoms with Crippen LogP contribution in [0.2, 0.25) is 0 Å². The summed E-state index contributed by atoms with van der Waals surface area (Å²) in [5.74, 6) is -1.63. The first-order valence-corrected chi connectivity index (χ1v) is 13.8. The van der Waals surface area contributed by atoms with E-state index in [9.17, 15) is 23.7 Å². The number of thiophene rings is 1. The maximum absolute atomic E-state index is 12.7. The van der Waals surface area contributed by atoms with Gasteiger partial charge in [-0.25, -0.2) is 14.5 Å². The Hall–Kier alpha value is -2.16. The molecule has 2 unspecified atom stereocenters. The Morgan fingerprint density at radius 2 is 2.25 bits per heavy atom. The van der Waals surface area contributed by atoms with Gasteiger partial charge in [0.25, 0.3) is 5.91 Å². The first-order valence-electron chi connectivity index (χ1n) is 9.52. The first kappa shape index (κ1) is 23.0. The van der Waals surface area contributed by atoms with Crippen LogP contribution >= 0.6 is 34.9 Å². The topological polar surface area (TPSA) is 134 Å². The van der Waals surface area contributed by atoms with Crippen molar-refractivity contribution in [2.75, 3.05) is 17.3 Å². The quantitative estimate of drug-likeness (QED) is 0.372. The van der Waals surface area contributed by atoms with Crippen LogP contribution in [0.25, 0.3) is 0 Å². The zero-order valence-electron chi connectivity index (χ0n) is 16.8. The Morgan fingerprint density at radius 3 is 2.94 bits per heavy atom. The number of carboxylic acid groups (broad SMARTS) is 1. The van der Waals surface area contributed by atoms with Crippen LogP contribution < -0.4 is 5.32 Å². The van der Waals surface area contributed by atoms with Crippen molar-refractivity contribution >= 4 is 63.4 Å². The minimum absolute atomic E-state index is 0.0403. The van der Waals surface area contributed by atoms with Crippen LogP contribution in [-0.2, 0) is 31.7 Å². The van der Waals surface area contributed by atoms with Crippen LogP contribution in [0, 0.1) is 0 Å². The molecule has 2 aliphatic rings. The van der Waals surface area contributed by atoms with Crippen molar-refractivity contribution < 1.29 is 23.7 Å². The zero-order valence-corrected chi connectivity index (χ0v) is 20.1. The lowest BCUT2D eigenvalue weighted by molar-refractivity contribution is -0.150. The maximum atomic E-state index is 12.7. The van der Waals surface area contributed by atoms with E-state index in [1.165, 1.54) is 46.1 Å². The fraction of sp³-hybridized carbons (Fsp3) is 0.389. The van der Waals surface area contributed by atoms with Crippen molar-refractivity contribution in [2.24, 2.45) is 0 Å². The van der Waals surface area contributed by atoms with Gasteiger partial charge in [-0.2, -0.15) is 5.10 Å². The maximum Gasteiger partial charge on any atom is 0.352 e. The van der Waals surface area contributed by atoms with Crippen molar-refractivity contribution in [3.63, 3.8) is 0 Å². The van der Waals surface area contributed by atoms with Crippen LogP contribution in [0.15, 0.2) is 44.5 Å². The third kappa shape index (κ3) is 4.49. The van der Waals surface area contributed by atoms with Gasteiger partial charge in [0.2, 0.25) is 5.91 Å². The molecule has 32 heavy (non-hydrogen) atoms. The lowest BCUT2D eigenvalue weighted by atomic mass is 10.0. The molecule has 1 fully saturated rings. The van der Waals surface area contributed by atoms with Crippen LogP contribution in [-0.4, -0.2) is 75.4 Å². The summed E-state index contributed by atoms with van der Waals surface area (Å²) in [5, 5.41) is 18.4. The van der Waals surface area contributed by atoms with Crippen LogP contribution in [0.3, 0.4) is 0 Å². The Kier molecular flexibility index (Phi) is 7.02. The van der Waals surface area contributed by atoms with E-state index in [-0.39, 0.29) is 11.4 Å². The molecule has 10 nitrogen and oxygen atoms in total. The molecule has 0 aliphatic carbocycles. The number of aromatic nitrogens is 3. The van der Waals surface area contributed by atoms with E-state index >= 15 is 0 Å². The van der Waals surface area contributed by atoms with Gasteiger partial charge in [-0.05, 0) is 23.9 Å². The van der Waals surface area contributed by atoms with Crippen LogP contribution in [0.1, 0.15) is 6.92 Å². The van der Waals surface area contributed by atoms with Gasteiger partial charge in [0.15, 0.2) is 5.16 Å². The molecule has 0 aromatic carbocycles. The van der Waals surface area contributed by atoms with Crippen molar-refractivity contribution in [3.8, 4) is 0 Å². The number of aryl methyl sites for hydroxylation is 1. The highest BCUT2D eigenvalue weighted by atomic mass is 32.2. The van der Waals surface area contributed by atoms with Gasteiger partial charge in [-0.3, -0.25) is 18.7 Å². The van der Waals surface area contributed by atoms with Crippen molar-refractivity contribution in [1.82, 2.24) is 25.0 Å².